The molecule has 1 amide bonds. The van der Waals surface area contributed by atoms with Crippen molar-refractivity contribution in [2.45, 2.75) is 63.0 Å². The van der Waals surface area contributed by atoms with E-state index in [0.29, 0.717) is 13.2 Å². The number of halogens is 4. The first-order chi connectivity index (χ1) is 15.2. The molecule has 1 N–H and O–H groups in total. The lowest BCUT2D eigenvalue weighted by Crippen LogP contribution is -2.54. The van der Waals surface area contributed by atoms with Crippen molar-refractivity contribution in [3.8, 4) is 5.88 Å². The van der Waals surface area contributed by atoms with E-state index >= 15 is 0 Å². The summed E-state index contributed by atoms with van der Waals surface area (Å²) in [6.07, 6.45) is 3.67. The van der Waals surface area contributed by atoms with Gasteiger partial charge in [-0.1, -0.05) is 6.08 Å². The fourth-order valence-corrected chi connectivity index (χ4v) is 4.11. The highest BCUT2D eigenvalue weighted by Gasteiger charge is 2.46. The van der Waals surface area contributed by atoms with Crippen LogP contribution in [0.3, 0.4) is 0 Å². The van der Waals surface area contributed by atoms with Gasteiger partial charge in [0, 0.05) is 18.3 Å². The van der Waals surface area contributed by atoms with Crippen molar-refractivity contribution in [3.05, 3.63) is 35.8 Å². The molecular weight excluding hydrogens is 436 g/mol. The number of hydrogen-bond donors (Lipinski definition) is 1. The lowest BCUT2D eigenvalue weighted by molar-refractivity contribution is -0.192. The highest BCUT2D eigenvalue weighted by molar-refractivity contribution is 5.93. The van der Waals surface area contributed by atoms with Crippen molar-refractivity contribution in [2.24, 2.45) is 0 Å². The zero-order valence-electron chi connectivity index (χ0n) is 17.2. The number of morpholine rings is 1. The predicted octanol–water partition coefficient (Wildman–Crippen LogP) is 3.49. The number of ether oxygens (including phenoxy) is 2. The lowest BCUT2D eigenvalue weighted by Gasteiger charge is -2.39. The molecule has 32 heavy (non-hydrogen) atoms. The summed E-state index contributed by atoms with van der Waals surface area (Å²) in [6.45, 7) is 1.10. The summed E-state index contributed by atoms with van der Waals surface area (Å²) in [4.78, 5) is 27.7. The van der Waals surface area contributed by atoms with Crippen LogP contribution in [0.25, 0.3) is 0 Å². The van der Waals surface area contributed by atoms with Crippen LogP contribution < -0.4 is 4.74 Å². The Kier molecular flexibility index (Phi) is 7.70. The molecule has 4 rings (SSSR count). The summed E-state index contributed by atoms with van der Waals surface area (Å²) in [5.74, 6) is -3.08. The topological polar surface area (TPSA) is 89.0 Å². The molecule has 0 spiro atoms. The molecule has 3 aliphatic rings. The number of aliphatic carboxylic acids is 1. The number of carbonyl (C=O) groups is 2. The Labute approximate surface area is 182 Å². The van der Waals surface area contributed by atoms with Crippen LogP contribution in [0.5, 0.6) is 5.88 Å². The number of fused-ring (bicyclic) bond motifs is 1. The molecule has 0 unspecified atom stereocenters. The zero-order valence-corrected chi connectivity index (χ0v) is 17.2. The van der Waals surface area contributed by atoms with Crippen molar-refractivity contribution in [1.82, 2.24) is 9.88 Å². The average Bonchev–Trinajstić information content (AvgIpc) is 3.18. The van der Waals surface area contributed by atoms with Gasteiger partial charge in [0.25, 0.3) is 5.88 Å². The Hall–Kier alpha value is -2.69. The van der Waals surface area contributed by atoms with Crippen LogP contribution in [0, 0.1) is 5.82 Å². The maximum Gasteiger partial charge on any atom is 0.490 e. The molecule has 176 valence electrons. The molecule has 1 aromatic rings. The Balaban J connectivity index is 0.000000360. The molecule has 2 fully saturated rings. The normalized spacial score (nSPS) is 25.2. The van der Waals surface area contributed by atoms with Gasteiger partial charge < -0.3 is 19.5 Å². The van der Waals surface area contributed by atoms with Gasteiger partial charge in [0.05, 0.1) is 12.6 Å². The highest BCUT2D eigenvalue weighted by Crippen LogP contribution is 2.34. The van der Waals surface area contributed by atoms with Gasteiger partial charge in [-0.15, -0.1) is 0 Å². The summed E-state index contributed by atoms with van der Waals surface area (Å²) in [7, 11) is 0. The number of amides is 1. The van der Waals surface area contributed by atoms with E-state index in [1.54, 1.807) is 0 Å². The smallest absolute Gasteiger partial charge is 0.475 e. The van der Waals surface area contributed by atoms with Crippen molar-refractivity contribution < 1.29 is 41.7 Å². The van der Waals surface area contributed by atoms with Crippen LogP contribution in [-0.4, -0.2) is 64.4 Å². The van der Waals surface area contributed by atoms with Crippen LogP contribution in [0.4, 0.5) is 17.6 Å². The molecule has 2 aliphatic carbocycles. The number of hydrogen-bond acceptors (Lipinski definition) is 5. The molecule has 0 aromatic carbocycles. The van der Waals surface area contributed by atoms with Gasteiger partial charge >= 0.3 is 12.1 Å². The maximum atomic E-state index is 13.8. The molecule has 1 saturated heterocycles. The third-order valence-electron chi connectivity index (χ3n) is 5.59. The number of aromatic nitrogens is 1. The van der Waals surface area contributed by atoms with Gasteiger partial charge in [-0.3, -0.25) is 4.79 Å². The largest absolute Gasteiger partial charge is 0.490 e. The van der Waals surface area contributed by atoms with Crippen molar-refractivity contribution in [3.63, 3.8) is 0 Å². The number of carboxylic acid groups (broad SMARTS) is 1. The van der Waals surface area contributed by atoms with Gasteiger partial charge in [-0.25, -0.2) is 14.2 Å². The molecule has 1 aliphatic heterocycles. The van der Waals surface area contributed by atoms with Gasteiger partial charge in [-0.05, 0) is 50.7 Å². The number of nitrogens with zero attached hydrogens (tertiary/aromatic N) is 2. The Morgan fingerprint density at radius 2 is 2.00 bits per heavy atom. The number of carbonyl (C=O) groups excluding carboxylic acids is 1. The SMILES string of the molecule is O=C(C1=CCCCC1)N1CCO[C@H]2[C@H](Oc3ncccc3F)CC[C@@H]21.O=C(O)C(F)(F)F. The first kappa shape index (κ1) is 24.0. The standard InChI is InChI=1S/C19H23FN2O3.C2HF3O2/c20-14-7-4-10-21-18(14)25-16-9-8-15-17(16)24-12-11-22(15)19(23)13-5-2-1-3-6-13;3-2(4,5)1(6)7/h4-5,7,10,15-17H,1-3,6,8-9,11-12H2;(H,6,7)/t15-,16+,17+;/m0./s1. The van der Waals surface area contributed by atoms with E-state index in [4.69, 9.17) is 19.4 Å². The zero-order chi connectivity index (χ0) is 23.3. The fourth-order valence-electron chi connectivity index (χ4n) is 4.11. The quantitative estimate of drug-likeness (QED) is 0.695. The summed E-state index contributed by atoms with van der Waals surface area (Å²) in [5.41, 5.74) is 0.937. The molecule has 2 heterocycles. The molecule has 7 nitrogen and oxygen atoms in total. The van der Waals surface area contributed by atoms with E-state index in [0.717, 1.165) is 44.1 Å². The van der Waals surface area contributed by atoms with Crippen LogP contribution in [0.2, 0.25) is 0 Å². The first-order valence-corrected chi connectivity index (χ1v) is 10.4. The predicted molar refractivity (Wildman–Crippen MR) is 103 cm³/mol. The van der Waals surface area contributed by atoms with E-state index in [2.05, 4.69) is 11.1 Å². The minimum Gasteiger partial charge on any atom is -0.475 e. The first-order valence-electron chi connectivity index (χ1n) is 10.4. The van der Waals surface area contributed by atoms with Crippen LogP contribution in [0.15, 0.2) is 30.0 Å². The summed E-state index contributed by atoms with van der Waals surface area (Å²) in [5, 5.41) is 7.12. The van der Waals surface area contributed by atoms with Gasteiger partial charge in [-0.2, -0.15) is 13.2 Å². The van der Waals surface area contributed by atoms with Crippen molar-refractivity contribution in [2.75, 3.05) is 13.2 Å². The van der Waals surface area contributed by atoms with E-state index in [1.165, 1.54) is 18.3 Å². The Morgan fingerprint density at radius 1 is 1.25 bits per heavy atom. The van der Waals surface area contributed by atoms with Crippen molar-refractivity contribution >= 4 is 11.9 Å². The van der Waals surface area contributed by atoms with Crippen LogP contribution in [0.1, 0.15) is 38.5 Å². The minimum atomic E-state index is -5.08. The molecule has 11 heteroatoms. The van der Waals surface area contributed by atoms with E-state index in [-0.39, 0.29) is 30.0 Å². The average molecular weight is 460 g/mol. The second-order valence-electron chi connectivity index (χ2n) is 7.70. The van der Waals surface area contributed by atoms with E-state index in [1.807, 2.05) is 4.90 Å². The molecule has 0 radical (unpaired) electrons. The maximum absolute atomic E-state index is 13.8. The van der Waals surface area contributed by atoms with Crippen molar-refractivity contribution in [1.29, 1.82) is 0 Å². The molecule has 1 saturated carbocycles. The van der Waals surface area contributed by atoms with E-state index < -0.39 is 18.0 Å². The third kappa shape index (κ3) is 5.76. The van der Waals surface area contributed by atoms with Gasteiger partial charge in [0.15, 0.2) is 5.82 Å². The Morgan fingerprint density at radius 3 is 2.62 bits per heavy atom. The summed E-state index contributed by atoms with van der Waals surface area (Å²) >= 11 is 0. The molecule has 1 aromatic heterocycles. The molecular formula is C21H24F4N2O5. The third-order valence-corrected chi connectivity index (χ3v) is 5.59. The second kappa shape index (κ2) is 10.3. The molecule has 3 atom stereocenters. The van der Waals surface area contributed by atoms with Gasteiger partial charge in [0.2, 0.25) is 5.91 Å². The number of allylic oxidation sites excluding steroid dienone is 1. The number of pyridine rings is 1. The van der Waals surface area contributed by atoms with Crippen LogP contribution >= 0.6 is 0 Å². The molecule has 0 bridgehead atoms. The monoisotopic (exact) mass is 460 g/mol. The number of carboxylic acids is 1. The fraction of sp³-hybridized carbons (Fsp3) is 0.571. The van der Waals surface area contributed by atoms with Gasteiger partial charge in [0.1, 0.15) is 12.2 Å². The van der Waals surface area contributed by atoms with Crippen LogP contribution in [-0.2, 0) is 14.3 Å². The van der Waals surface area contributed by atoms with E-state index in [9.17, 15) is 22.4 Å². The number of alkyl halides is 3. The number of rotatable bonds is 3. The summed E-state index contributed by atoms with van der Waals surface area (Å²) < 4.78 is 57.2. The second-order valence-corrected chi connectivity index (χ2v) is 7.70. The minimum absolute atomic E-state index is 0.000787. The lowest BCUT2D eigenvalue weighted by atomic mass is 9.97. The summed E-state index contributed by atoms with van der Waals surface area (Å²) in [6, 6.07) is 2.87. The Bertz CT molecular complexity index is 861. The highest BCUT2D eigenvalue weighted by atomic mass is 19.4.